The molecule has 1 saturated heterocycles. The normalized spacial score (nSPS) is 22.4. The van der Waals surface area contributed by atoms with Gasteiger partial charge in [0, 0.05) is 18.8 Å². The molecule has 2 unspecified atom stereocenters. The van der Waals surface area contributed by atoms with Crippen molar-refractivity contribution in [2.45, 2.75) is 39.2 Å². The van der Waals surface area contributed by atoms with E-state index >= 15 is 0 Å². The van der Waals surface area contributed by atoms with Crippen LogP contribution in [0.3, 0.4) is 0 Å². The molecule has 0 bridgehead atoms. The molecule has 0 saturated carbocycles. The number of rotatable bonds is 4. The lowest BCUT2D eigenvalue weighted by atomic mass is 9.99. The van der Waals surface area contributed by atoms with Crippen LogP contribution in [0.4, 0.5) is 5.69 Å². The van der Waals surface area contributed by atoms with Crippen molar-refractivity contribution in [2.24, 2.45) is 5.92 Å². The van der Waals surface area contributed by atoms with Crippen molar-refractivity contribution in [3.8, 4) is 0 Å². The minimum atomic E-state index is -0.403. The third kappa shape index (κ3) is 3.95. The van der Waals surface area contributed by atoms with Gasteiger partial charge in [0.25, 0.3) is 0 Å². The Bertz CT molecular complexity index is 419. The fourth-order valence-electron chi connectivity index (χ4n) is 2.83. The van der Waals surface area contributed by atoms with Crippen LogP contribution < -0.4 is 5.73 Å². The minimum Gasteiger partial charge on any atom is -0.399 e. The molecule has 1 fully saturated rings. The number of nitrogens with zero attached hydrogens (tertiary/aromatic N) is 1. The number of anilines is 1. The number of nitrogens with two attached hydrogens (primary N) is 1. The average Bonchev–Trinajstić information content (AvgIpc) is 2.39. The van der Waals surface area contributed by atoms with E-state index in [2.05, 4.69) is 11.8 Å². The Morgan fingerprint density at radius 1 is 1.47 bits per heavy atom. The molecule has 3 nitrogen and oxygen atoms in total. The Labute approximate surface area is 116 Å². The number of piperidine rings is 1. The molecule has 1 heterocycles. The van der Waals surface area contributed by atoms with Crippen molar-refractivity contribution in [3.63, 3.8) is 0 Å². The summed E-state index contributed by atoms with van der Waals surface area (Å²) in [6.45, 7) is 7.61. The molecule has 2 atom stereocenters. The first-order valence-corrected chi connectivity index (χ1v) is 7.32. The molecule has 19 heavy (non-hydrogen) atoms. The largest absolute Gasteiger partial charge is 0.399 e. The maximum Gasteiger partial charge on any atom is 0.0803 e. The smallest absolute Gasteiger partial charge is 0.0803 e. The van der Waals surface area contributed by atoms with Gasteiger partial charge in [0.15, 0.2) is 0 Å². The van der Waals surface area contributed by atoms with E-state index < -0.39 is 6.10 Å². The van der Waals surface area contributed by atoms with E-state index in [0.29, 0.717) is 0 Å². The van der Waals surface area contributed by atoms with E-state index in [0.717, 1.165) is 35.7 Å². The first-order valence-electron chi connectivity index (χ1n) is 7.32. The van der Waals surface area contributed by atoms with E-state index in [1.165, 1.54) is 25.9 Å². The maximum atomic E-state index is 10.3. The molecule has 3 heteroatoms. The Balaban J connectivity index is 1.86. The second kappa shape index (κ2) is 6.40. The van der Waals surface area contributed by atoms with Gasteiger partial charge in [-0.15, -0.1) is 0 Å². The van der Waals surface area contributed by atoms with Crippen LogP contribution in [-0.4, -0.2) is 29.6 Å². The van der Waals surface area contributed by atoms with E-state index in [1.807, 2.05) is 25.1 Å². The van der Waals surface area contributed by atoms with E-state index in [4.69, 9.17) is 5.73 Å². The molecule has 0 aliphatic carbocycles. The summed E-state index contributed by atoms with van der Waals surface area (Å²) in [6.07, 6.45) is 3.01. The summed E-state index contributed by atoms with van der Waals surface area (Å²) in [6, 6.07) is 5.87. The van der Waals surface area contributed by atoms with Crippen LogP contribution in [0.15, 0.2) is 18.2 Å². The van der Waals surface area contributed by atoms with Gasteiger partial charge in [-0.2, -0.15) is 0 Å². The molecular weight excluding hydrogens is 236 g/mol. The zero-order chi connectivity index (χ0) is 13.8. The lowest BCUT2D eigenvalue weighted by Gasteiger charge is -2.31. The first kappa shape index (κ1) is 14.4. The fraction of sp³-hybridized carbons (Fsp3) is 0.625. The van der Waals surface area contributed by atoms with Crippen LogP contribution in [0.2, 0.25) is 0 Å². The SMILES string of the molecule is Cc1ccc(C(O)CCN2CCCC(C)C2)cc1N. The summed E-state index contributed by atoms with van der Waals surface area (Å²) in [4.78, 5) is 2.47. The van der Waals surface area contributed by atoms with Gasteiger partial charge in [0.2, 0.25) is 0 Å². The summed E-state index contributed by atoms with van der Waals surface area (Å²) in [7, 11) is 0. The second-order valence-electron chi connectivity index (χ2n) is 5.97. The van der Waals surface area contributed by atoms with Crippen molar-refractivity contribution in [2.75, 3.05) is 25.4 Å². The molecule has 3 N–H and O–H groups in total. The topological polar surface area (TPSA) is 49.5 Å². The Kier molecular flexibility index (Phi) is 4.83. The molecule has 106 valence electrons. The van der Waals surface area contributed by atoms with Crippen molar-refractivity contribution in [1.82, 2.24) is 4.90 Å². The van der Waals surface area contributed by atoms with Gasteiger partial charge in [-0.25, -0.2) is 0 Å². The zero-order valence-corrected chi connectivity index (χ0v) is 12.1. The van der Waals surface area contributed by atoms with Crippen molar-refractivity contribution >= 4 is 5.69 Å². The molecule has 1 aromatic rings. The highest BCUT2D eigenvalue weighted by atomic mass is 16.3. The van der Waals surface area contributed by atoms with Crippen LogP contribution in [0.5, 0.6) is 0 Å². The summed E-state index contributed by atoms with van der Waals surface area (Å²) in [5.74, 6) is 0.793. The van der Waals surface area contributed by atoms with Crippen molar-refractivity contribution < 1.29 is 5.11 Å². The molecule has 0 radical (unpaired) electrons. The van der Waals surface area contributed by atoms with Crippen LogP contribution in [0, 0.1) is 12.8 Å². The van der Waals surface area contributed by atoms with Crippen LogP contribution in [0.1, 0.15) is 43.4 Å². The lowest BCUT2D eigenvalue weighted by Crippen LogP contribution is -2.35. The zero-order valence-electron chi connectivity index (χ0n) is 12.1. The van der Waals surface area contributed by atoms with Crippen molar-refractivity contribution in [3.05, 3.63) is 29.3 Å². The summed E-state index contributed by atoms with van der Waals surface area (Å²) in [5.41, 5.74) is 8.67. The standard InChI is InChI=1S/C16H26N2O/c1-12-4-3-8-18(11-12)9-7-16(19)14-6-5-13(2)15(17)10-14/h5-6,10,12,16,19H,3-4,7-9,11,17H2,1-2H3. The number of aryl methyl sites for hydroxylation is 1. The van der Waals surface area contributed by atoms with Gasteiger partial charge in [-0.05, 0) is 55.8 Å². The molecule has 1 aliphatic rings. The number of aliphatic hydroxyl groups excluding tert-OH is 1. The monoisotopic (exact) mass is 262 g/mol. The first-order chi connectivity index (χ1) is 9.06. The molecule has 0 spiro atoms. The highest BCUT2D eigenvalue weighted by Crippen LogP contribution is 2.23. The quantitative estimate of drug-likeness (QED) is 0.820. The number of benzene rings is 1. The minimum absolute atomic E-state index is 0.403. The highest BCUT2D eigenvalue weighted by Gasteiger charge is 2.17. The summed E-state index contributed by atoms with van der Waals surface area (Å²) < 4.78 is 0. The van der Waals surface area contributed by atoms with E-state index in [-0.39, 0.29) is 0 Å². The molecule has 0 amide bonds. The van der Waals surface area contributed by atoms with Gasteiger partial charge in [0.05, 0.1) is 6.10 Å². The molecule has 0 aromatic heterocycles. The number of likely N-dealkylation sites (tertiary alicyclic amines) is 1. The Hall–Kier alpha value is -1.06. The molecular formula is C16H26N2O. The third-order valence-corrected chi connectivity index (χ3v) is 4.15. The van der Waals surface area contributed by atoms with Crippen LogP contribution in [-0.2, 0) is 0 Å². The fourth-order valence-corrected chi connectivity index (χ4v) is 2.83. The molecule has 1 aromatic carbocycles. The van der Waals surface area contributed by atoms with E-state index in [1.54, 1.807) is 0 Å². The molecule has 2 rings (SSSR count). The highest BCUT2D eigenvalue weighted by molar-refractivity contribution is 5.48. The number of hydrogen-bond acceptors (Lipinski definition) is 3. The van der Waals surface area contributed by atoms with Gasteiger partial charge < -0.3 is 15.7 Å². The average molecular weight is 262 g/mol. The van der Waals surface area contributed by atoms with Crippen LogP contribution in [0.25, 0.3) is 0 Å². The number of aliphatic hydroxyl groups is 1. The summed E-state index contributed by atoms with van der Waals surface area (Å²) >= 11 is 0. The van der Waals surface area contributed by atoms with E-state index in [9.17, 15) is 5.11 Å². The third-order valence-electron chi connectivity index (χ3n) is 4.15. The van der Waals surface area contributed by atoms with Crippen LogP contribution >= 0.6 is 0 Å². The van der Waals surface area contributed by atoms with Gasteiger partial charge in [-0.3, -0.25) is 0 Å². The van der Waals surface area contributed by atoms with Gasteiger partial charge in [0.1, 0.15) is 0 Å². The molecule has 1 aliphatic heterocycles. The Morgan fingerprint density at radius 3 is 2.95 bits per heavy atom. The maximum absolute atomic E-state index is 10.3. The summed E-state index contributed by atoms with van der Waals surface area (Å²) in [5, 5.41) is 10.3. The van der Waals surface area contributed by atoms with Crippen molar-refractivity contribution in [1.29, 1.82) is 0 Å². The second-order valence-corrected chi connectivity index (χ2v) is 5.97. The number of nitrogen functional groups attached to an aromatic ring is 1. The van der Waals surface area contributed by atoms with Gasteiger partial charge >= 0.3 is 0 Å². The van der Waals surface area contributed by atoms with Gasteiger partial charge in [-0.1, -0.05) is 19.1 Å². The number of hydrogen-bond donors (Lipinski definition) is 2. The lowest BCUT2D eigenvalue weighted by molar-refractivity contribution is 0.122. The Morgan fingerprint density at radius 2 is 2.26 bits per heavy atom. The predicted octanol–water partition coefficient (Wildman–Crippen LogP) is 2.73. The predicted molar refractivity (Wildman–Crippen MR) is 80.0 cm³/mol.